The molecule has 0 atom stereocenters. The van der Waals surface area contributed by atoms with Gasteiger partial charge in [0.25, 0.3) is 0 Å². The summed E-state index contributed by atoms with van der Waals surface area (Å²) in [4.78, 5) is 14.1. The van der Waals surface area contributed by atoms with E-state index in [-0.39, 0.29) is 5.56 Å². The number of benzene rings is 1. The Morgan fingerprint density at radius 3 is 2.70 bits per heavy atom. The van der Waals surface area contributed by atoms with Crippen LogP contribution in [0.15, 0.2) is 30.3 Å². The molecule has 1 heterocycles. The molecule has 0 saturated heterocycles. The number of carbonyl (C=O) groups excluding carboxylic acids is 1. The first-order valence-electron chi connectivity index (χ1n) is 6.33. The summed E-state index contributed by atoms with van der Waals surface area (Å²) in [5.74, 6) is -1.01. The van der Waals surface area contributed by atoms with Crippen molar-refractivity contribution in [2.24, 2.45) is 0 Å². The van der Waals surface area contributed by atoms with Gasteiger partial charge in [-0.15, -0.1) is 11.3 Å². The van der Waals surface area contributed by atoms with Crippen LogP contribution in [0.2, 0.25) is 0 Å². The number of anilines is 1. The van der Waals surface area contributed by atoms with Crippen molar-refractivity contribution in [2.75, 3.05) is 12.4 Å². The van der Waals surface area contributed by atoms with E-state index in [1.807, 2.05) is 0 Å². The van der Waals surface area contributed by atoms with Gasteiger partial charge in [0.2, 0.25) is 0 Å². The Kier molecular flexibility index (Phi) is 4.74. The lowest BCUT2D eigenvalue weighted by molar-refractivity contribution is 0.0601. The first-order valence-corrected chi connectivity index (χ1v) is 7.15. The van der Waals surface area contributed by atoms with E-state index in [9.17, 15) is 9.18 Å². The van der Waals surface area contributed by atoms with Crippen molar-refractivity contribution in [1.29, 1.82) is 0 Å². The minimum atomic E-state index is -0.549. The van der Waals surface area contributed by atoms with E-state index >= 15 is 0 Å². The van der Waals surface area contributed by atoms with Gasteiger partial charge < -0.3 is 10.1 Å². The summed E-state index contributed by atoms with van der Waals surface area (Å²) in [7, 11) is 1.28. The van der Waals surface area contributed by atoms with Crippen molar-refractivity contribution in [2.45, 2.75) is 19.9 Å². The first-order chi connectivity index (χ1) is 9.63. The van der Waals surface area contributed by atoms with Gasteiger partial charge in [-0.1, -0.05) is 6.92 Å². The summed E-state index contributed by atoms with van der Waals surface area (Å²) in [6.45, 7) is 2.71. The zero-order chi connectivity index (χ0) is 14.5. The molecule has 3 nitrogen and oxygen atoms in total. The van der Waals surface area contributed by atoms with Gasteiger partial charge in [-0.05, 0) is 36.8 Å². The second-order valence-corrected chi connectivity index (χ2v) is 5.51. The number of ether oxygens (including phenoxy) is 1. The molecular formula is C15H16FNO2S. The third kappa shape index (κ3) is 3.36. The summed E-state index contributed by atoms with van der Waals surface area (Å²) in [5.41, 5.74) is 0.782. The van der Waals surface area contributed by atoms with E-state index in [1.165, 1.54) is 29.0 Å². The number of hydrogen-bond donors (Lipinski definition) is 1. The smallest absolute Gasteiger partial charge is 0.340 e. The van der Waals surface area contributed by atoms with Gasteiger partial charge in [0.1, 0.15) is 5.82 Å². The molecule has 0 saturated carbocycles. The number of esters is 1. The van der Waals surface area contributed by atoms with Crippen LogP contribution in [0.4, 0.5) is 10.1 Å². The molecule has 0 spiro atoms. The maximum Gasteiger partial charge on any atom is 0.340 e. The highest BCUT2D eigenvalue weighted by atomic mass is 32.1. The predicted molar refractivity (Wildman–Crippen MR) is 78.8 cm³/mol. The largest absolute Gasteiger partial charge is 0.465 e. The number of halogens is 1. The zero-order valence-electron chi connectivity index (χ0n) is 11.4. The number of nitrogens with one attached hydrogen (secondary N) is 1. The highest BCUT2D eigenvalue weighted by Crippen LogP contribution is 2.22. The highest BCUT2D eigenvalue weighted by molar-refractivity contribution is 7.12. The molecule has 5 heteroatoms. The van der Waals surface area contributed by atoms with Crippen LogP contribution in [0.1, 0.15) is 27.0 Å². The summed E-state index contributed by atoms with van der Waals surface area (Å²) in [5, 5.41) is 3.15. The van der Waals surface area contributed by atoms with E-state index < -0.39 is 11.8 Å². The van der Waals surface area contributed by atoms with Gasteiger partial charge in [0, 0.05) is 22.0 Å². The molecule has 0 aliphatic carbocycles. The third-order valence-corrected chi connectivity index (χ3v) is 4.14. The Morgan fingerprint density at radius 2 is 2.05 bits per heavy atom. The molecule has 2 rings (SSSR count). The maximum absolute atomic E-state index is 13.2. The van der Waals surface area contributed by atoms with Crippen LogP contribution in [0, 0.1) is 5.82 Å². The van der Waals surface area contributed by atoms with E-state index in [2.05, 4.69) is 29.1 Å². The summed E-state index contributed by atoms with van der Waals surface area (Å²) < 4.78 is 17.9. The molecule has 1 aromatic carbocycles. The lowest BCUT2D eigenvalue weighted by Crippen LogP contribution is -2.08. The molecule has 0 aliphatic rings. The van der Waals surface area contributed by atoms with Crippen LogP contribution in [-0.2, 0) is 17.7 Å². The van der Waals surface area contributed by atoms with Gasteiger partial charge in [-0.2, -0.15) is 0 Å². The molecule has 0 unspecified atom stereocenters. The average molecular weight is 293 g/mol. The minimum absolute atomic E-state index is 0.208. The van der Waals surface area contributed by atoms with Crippen molar-refractivity contribution in [3.8, 4) is 0 Å². The Morgan fingerprint density at radius 1 is 1.30 bits per heavy atom. The van der Waals surface area contributed by atoms with Crippen LogP contribution in [0.25, 0.3) is 0 Å². The topological polar surface area (TPSA) is 38.3 Å². The van der Waals surface area contributed by atoms with Gasteiger partial charge in [-0.3, -0.25) is 0 Å². The minimum Gasteiger partial charge on any atom is -0.465 e. The number of rotatable bonds is 5. The standard InChI is InChI=1S/C15H16FNO2S/c1-3-11-5-6-12(20-11)9-17-14-7-4-10(16)8-13(14)15(18)19-2/h4-8,17H,3,9H2,1-2H3. The normalized spacial score (nSPS) is 10.3. The van der Waals surface area contributed by atoms with Crippen LogP contribution >= 0.6 is 11.3 Å². The Bertz CT molecular complexity index is 610. The van der Waals surface area contributed by atoms with Gasteiger partial charge >= 0.3 is 5.97 Å². The van der Waals surface area contributed by atoms with Crippen LogP contribution < -0.4 is 5.32 Å². The Balaban J connectivity index is 2.14. The van der Waals surface area contributed by atoms with Crippen molar-refractivity contribution in [1.82, 2.24) is 0 Å². The second kappa shape index (κ2) is 6.52. The molecule has 20 heavy (non-hydrogen) atoms. The van der Waals surface area contributed by atoms with E-state index in [4.69, 9.17) is 0 Å². The number of carbonyl (C=O) groups is 1. The van der Waals surface area contributed by atoms with Crippen molar-refractivity contribution < 1.29 is 13.9 Å². The summed E-state index contributed by atoms with van der Waals surface area (Å²) in [6, 6.07) is 8.20. The fraction of sp³-hybridized carbons (Fsp3) is 0.267. The number of methoxy groups -OCH3 is 1. The molecule has 106 valence electrons. The molecular weight excluding hydrogens is 277 g/mol. The van der Waals surface area contributed by atoms with Crippen LogP contribution in [0.3, 0.4) is 0 Å². The second-order valence-electron chi connectivity index (χ2n) is 4.26. The molecule has 1 N–H and O–H groups in total. The number of thiophene rings is 1. The SMILES string of the molecule is CCc1ccc(CNc2ccc(F)cc2C(=O)OC)s1. The van der Waals surface area contributed by atoms with Crippen molar-refractivity contribution in [3.63, 3.8) is 0 Å². The first kappa shape index (κ1) is 14.5. The van der Waals surface area contributed by atoms with Crippen molar-refractivity contribution in [3.05, 3.63) is 51.5 Å². The molecule has 1 aromatic heterocycles. The highest BCUT2D eigenvalue weighted by Gasteiger charge is 2.13. The van der Waals surface area contributed by atoms with Crippen molar-refractivity contribution >= 4 is 23.0 Å². The lowest BCUT2D eigenvalue weighted by atomic mass is 10.1. The molecule has 0 aliphatic heterocycles. The Labute approximate surface area is 121 Å². The predicted octanol–water partition coefficient (Wildman–Crippen LogP) is 3.85. The zero-order valence-corrected chi connectivity index (χ0v) is 12.2. The fourth-order valence-corrected chi connectivity index (χ4v) is 2.74. The lowest BCUT2D eigenvalue weighted by Gasteiger charge is -2.10. The molecule has 2 aromatic rings. The quantitative estimate of drug-likeness (QED) is 0.851. The average Bonchev–Trinajstić information content (AvgIpc) is 2.93. The summed E-state index contributed by atoms with van der Waals surface area (Å²) >= 11 is 1.72. The number of aryl methyl sites for hydroxylation is 1. The maximum atomic E-state index is 13.2. The van der Waals surface area contributed by atoms with E-state index in [1.54, 1.807) is 17.4 Å². The monoisotopic (exact) mass is 293 g/mol. The van der Waals surface area contributed by atoms with Crippen LogP contribution in [-0.4, -0.2) is 13.1 Å². The van der Waals surface area contributed by atoms with Gasteiger partial charge in [0.05, 0.1) is 12.7 Å². The van der Waals surface area contributed by atoms with Crippen LogP contribution in [0.5, 0.6) is 0 Å². The summed E-state index contributed by atoms with van der Waals surface area (Å²) in [6.07, 6.45) is 1.01. The third-order valence-electron chi connectivity index (χ3n) is 2.91. The molecule has 0 bridgehead atoms. The van der Waals surface area contributed by atoms with Gasteiger partial charge in [0.15, 0.2) is 0 Å². The van der Waals surface area contributed by atoms with E-state index in [0.717, 1.165) is 6.42 Å². The van der Waals surface area contributed by atoms with Gasteiger partial charge in [-0.25, -0.2) is 9.18 Å². The Hall–Kier alpha value is -1.88. The fourth-order valence-electron chi connectivity index (χ4n) is 1.84. The number of hydrogen-bond acceptors (Lipinski definition) is 4. The molecule has 0 radical (unpaired) electrons. The van der Waals surface area contributed by atoms with E-state index in [0.29, 0.717) is 12.2 Å². The molecule has 0 amide bonds. The molecule has 0 fully saturated rings.